The summed E-state index contributed by atoms with van der Waals surface area (Å²) in [5, 5.41) is 12.5. The second-order valence-electron chi connectivity index (χ2n) is 8.96. The van der Waals surface area contributed by atoms with Crippen molar-refractivity contribution < 1.29 is 0 Å². The number of nitrogens with zero attached hydrogens (tertiary/aromatic N) is 1. The van der Waals surface area contributed by atoms with Gasteiger partial charge in [0.15, 0.2) is 0 Å². The molecule has 2 aromatic rings. The van der Waals surface area contributed by atoms with E-state index in [-0.39, 0.29) is 0 Å². The van der Waals surface area contributed by atoms with Crippen LogP contribution < -0.4 is 26.4 Å². The van der Waals surface area contributed by atoms with Crippen molar-refractivity contribution >= 4 is 23.9 Å². The molecule has 0 amide bonds. The molecule has 4 nitrogen and oxygen atoms in total. The van der Waals surface area contributed by atoms with Crippen LogP contribution in [0.25, 0.3) is 23.9 Å². The van der Waals surface area contributed by atoms with Crippen molar-refractivity contribution in [2.24, 2.45) is 0 Å². The summed E-state index contributed by atoms with van der Waals surface area (Å²) in [4.78, 5) is 4.75. The molecule has 176 valence electrons. The van der Waals surface area contributed by atoms with Gasteiger partial charge in [0.25, 0.3) is 0 Å². The third-order valence-electron chi connectivity index (χ3n) is 6.37. The minimum absolute atomic E-state index is 0.655. The molecule has 1 fully saturated rings. The molecule has 34 heavy (non-hydrogen) atoms. The molecule has 4 rings (SSSR count). The maximum Gasteiger partial charge on any atom is 0.0870 e. The predicted octanol–water partition coefficient (Wildman–Crippen LogP) is 3.80. The second-order valence-corrected chi connectivity index (χ2v) is 8.96. The Labute approximate surface area is 203 Å². The molecule has 2 aliphatic rings. The Balaban J connectivity index is 1.52. The zero-order chi connectivity index (χ0) is 23.8. The van der Waals surface area contributed by atoms with Crippen molar-refractivity contribution in [2.45, 2.75) is 39.2 Å². The van der Waals surface area contributed by atoms with Crippen LogP contribution in [0.3, 0.4) is 0 Å². The van der Waals surface area contributed by atoms with E-state index in [0.29, 0.717) is 6.04 Å². The van der Waals surface area contributed by atoms with Crippen molar-refractivity contribution in [3.8, 4) is 0 Å². The summed E-state index contributed by atoms with van der Waals surface area (Å²) in [6.07, 6.45) is 16.1. The van der Waals surface area contributed by atoms with Crippen molar-refractivity contribution in [1.29, 1.82) is 0 Å². The van der Waals surface area contributed by atoms with E-state index in [0.717, 1.165) is 66.4 Å². The Morgan fingerprint density at radius 3 is 2.85 bits per heavy atom. The Bertz CT molecular complexity index is 1230. The van der Waals surface area contributed by atoms with Crippen molar-refractivity contribution in [1.82, 2.24) is 20.9 Å². The topological polar surface area (TPSA) is 49.0 Å². The number of allylic oxidation sites excluding steroid dienone is 5. The molecule has 1 aromatic heterocycles. The first-order chi connectivity index (χ1) is 16.6. The van der Waals surface area contributed by atoms with Gasteiger partial charge in [-0.2, -0.15) is 0 Å². The van der Waals surface area contributed by atoms with Crippen LogP contribution in [0.5, 0.6) is 0 Å². The number of aryl methyl sites for hydroxylation is 1. The lowest BCUT2D eigenvalue weighted by Crippen LogP contribution is -2.55. The summed E-state index contributed by atoms with van der Waals surface area (Å²) < 4.78 is 0. The maximum atomic E-state index is 4.75. The number of nitrogens with one attached hydrogen (secondary N) is 3. The van der Waals surface area contributed by atoms with E-state index in [1.54, 1.807) is 0 Å². The van der Waals surface area contributed by atoms with Gasteiger partial charge in [0.2, 0.25) is 0 Å². The van der Waals surface area contributed by atoms with Crippen LogP contribution in [0.1, 0.15) is 43.1 Å². The highest BCUT2D eigenvalue weighted by Crippen LogP contribution is 2.28. The van der Waals surface area contributed by atoms with E-state index in [1.807, 2.05) is 19.2 Å². The van der Waals surface area contributed by atoms with E-state index in [9.17, 15) is 0 Å². The number of dihydropyridines is 1. The summed E-state index contributed by atoms with van der Waals surface area (Å²) in [7, 11) is 0. The molecule has 0 spiro atoms. The van der Waals surface area contributed by atoms with Gasteiger partial charge in [-0.15, -0.1) is 0 Å². The Kier molecular flexibility index (Phi) is 8.29. The third-order valence-corrected chi connectivity index (χ3v) is 6.37. The molecule has 0 atom stereocenters. The third kappa shape index (κ3) is 6.22. The minimum atomic E-state index is 0.655. The van der Waals surface area contributed by atoms with E-state index >= 15 is 0 Å². The average Bonchev–Trinajstić information content (AvgIpc) is 2.82. The zero-order valence-corrected chi connectivity index (χ0v) is 20.4. The number of hydrogen-bond donors (Lipinski definition) is 3. The zero-order valence-electron chi connectivity index (χ0n) is 20.4. The second kappa shape index (κ2) is 11.8. The highest BCUT2D eigenvalue weighted by atomic mass is 15.1. The molecular formula is C30H36N4. The van der Waals surface area contributed by atoms with E-state index in [2.05, 4.69) is 90.2 Å². The first kappa shape index (κ1) is 23.9. The summed E-state index contributed by atoms with van der Waals surface area (Å²) in [6.45, 7) is 11.7. The molecule has 0 aliphatic carbocycles. The highest BCUT2D eigenvalue weighted by molar-refractivity contribution is 5.90. The van der Waals surface area contributed by atoms with Crippen LogP contribution in [-0.4, -0.2) is 30.7 Å². The largest absolute Gasteiger partial charge is 0.360 e. The number of rotatable bonds is 9. The normalized spacial score (nSPS) is 17.4. The molecule has 3 heterocycles. The maximum absolute atomic E-state index is 4.75. The van der Waals surface area contributed by atoms with Crippen molar-refractivity contribution in [3.63, 3.8) is 0 Å². The summed E-state index contributed by atoms with van der Waals surface area (Å²) in [5.74, 6) is 0. The molecule has 0 unspecified atom stereocenters. The standard InChI is InChI=1S/C30H36N4/c1-4-24(11-6-5-7-16-32-27-20-31-21-27)18-26-19-25(15-14-22(26)2)28-12-9-17-33-30(28)29-13-8-10-23(3)34-29/h4-6,8-10,13-15,17-19,27,31-33H,2,7,11-12,16,20-21H2,1,3H3/b6-5+,24-4-,26-18-. The first-order valence-electron chi connectivity index (χ1n) is 12.3. The van der Waals surface area contributed by atoms with Crippen LogP contribution in [0, 0.1) is 6.92 Å². The summed E-state index contributed by atoms with van der Waals surface area (Å²) in [5.41, 5.74) is 6.83. The molecule has 4 heteroatoms. The van der Waals surface area contributed by atoms with Gasteiger partial charge in [-0.05, 0) is 91.2 Å². The van der Waals surface area contributed by atoms with E-state index < -0.39 is 0 Å². The smallest absolute Gasteiger partial charge is 0.0870 e. The van der Waals surface area contributed by atoms with Gasteiger partial charge in [0.1, 0.15) is 0 Å². The SMILES string of the molecule is C=c1ccc(C2=C(c3cccc(C)n3)NC=CC2)c/c1=C/C(=C\C)C/C=C/CCNC1CNC1. The lowest BCUT2D eigenvalue weighted by atomic mass is 9.95. The fraction of sp³-hybridized carbons (Fsp3) is 0.300. The van der Waals surface area contributed by atoms with Crippen LogP contribution >= 0.6 is 0 Å². The molecular weight excluding hydrogens is 416 g/mol. The molecule has 1 saturated heterocycles. The fourth-order valence-corrected chi connectivity index (χ4v) is 4.20. The van der Waals surface area contributed by atoms with E-state index in [4.69, 9.17) is 4.98 Å². The van der Waals surface area contributed by atoms with Gasteiger partial charge in [-0.3, -0.25) is 4.98 Å². The monoisotopic (exact) mass is 452 g/mol. The molecule has 0 saturated carbocycles. The number of aromatic nitrogens is 1. The summed E-state index contributed by atoms with van der Waals surface area (Å²) in [6, 6.07) is 13.4. The Morgan fingerprint density at radius 2 is 2.09 bits per heavy atom. The Hall–Kier alpha value is -3.21. The van der Waals surface area contributed by atoms with Gasteiger partial charge >= 0.3 is 0 Å². The molecule has 1 aromatic carbocycles. The summed E-state index contributed by atoms with van der Waals surface area (Å²) >= 11 is 0. The lowest BCUT2D eigenvalue weighted by molar-refractivity contribution is 0.370. The van der Waals surface area contributed by atoms with Gasteiger partial charge in [0, 0.05) is 24.8 Å². The molecule has 0 bridgehead atoms. The average molecular weight is 453 g/mol. The van der Waals surface area contributed by atoms with Gasteiger partial charge in [-0.25, -0.2) is 0 Å². The fourth-order valence-electron chi connectivity index (χ4n) is 4.20. The van der Waals surface area contributed by atoms with Gasteiger partial charge < -0.3 is 16.0 Å². The first-order valence-corrected chi connectivity index (χ1v) is 12.3. The molecule has 3 N–H and O–H groups in total. The van der Waals surface area contributed by atoms with Gasteiger partial charge in [-0.1, -0.05) is 55.2 Å². The predicted molar refractivity (Wildman–Crippen MR) is 145 cm³/mol. The number of hydrogen-bond acceptors (Lipinski definition) is 4. The quantitative estimate of drug-likeness (QED) is 0.400. The number of benzene rings is 1. The van der Waals surface area contributed by atoms with Crippen LogP contribution in [-0.2, 0) is 0 Å². The van der Waals surface area contributed by atoms with Crippen LogP contribution in [0.2, 0.25) is 0 Å². The molecule has 2 aliphatic heterocycles. The highest BCUT2D eigenvalue weighted by Gasteiger charge is 2.15. The van der Waals surface area contributed by atoms with Crippen molar-refractivity contribution in [3.05, 3.63) is 99.9 Å². The Morgan fingerprint density at radius 1 is 1.21 bits per heavy atom. The number of pyridine rings is 1. The van der Waals surface area contributed by atoms with Crippen molar-refractivity contribution in [2.75, 3.05) is 19.6 Å². The van der Waals surface area contributed by atoms with Crippen LogP contribution in [0.4, 0.5) is 0 Å². The van der Waals surface area contributed by atoms with Crippen LogP contribution in [0.15, 0.2) is 72.5 Å². The minimum Gasteiger partial charge on any atom is -0.360 e. The molecule has 0 radical (unpaired) electrons. The lowest BCUT2D eigenvalue weighted by Gasteiger charge is -2.27. The van der Waals surface area contributed by atoms with E-state index in [1.165, 1.54) is 16.7 Å². The van der Waals surface area contributed by atoms with Gasteiger partial charge in [0.05, 0.1) is 11.4 Å².